The minimum Gasteiger partial charge on any atom is -0.368 e. The molecule has 7 atom stereocenters. The van der Waals surface area contributed by atoms with E-state index in [1.165, 1.54) is 6.92 Å². The zero-order valence-corrected chi connectivity index (χ0v) is 38.2. The lowest BCUT2D eigenvalue weighted by atomic mass is 9.89. The van der Waals surface area contributed by atoms with E-state index < -0.39 is 78.5 Å². The number of aromatic nitrogens is 1. The first-order valence-electron chi connectivity index (χ1n) is 22.9. The topological polar surface area (TPSA) is 324 Å². The summed E-state index contributed by atoms with van der Waals surface area (Å²) in [4.78, 5) is 117. The molecule has 3 heterocycles. The number of rotatable bonds is 27. The molecule has 22 heteroatoms. The minimum absolute atomic E-state index is 0.0440. The molecule has 1 aliphatic carbocycles. The number of benzene rings is 1. The number of amides is 10. The highest BCUT2D eigenvalue weighted by atomic mass is 32.2. The maximum Gasteiger partial charge on any atom is 0.315 e. The molecule has 21 nitrogen and oxygen atoms in total. The van der Waals surface area contributed by atoms with Crippen LogP contribution in [0.5, 0.6) is 0 Å². The number of hydrogen-bond donors (Lipinski definition) is 12. The van der Waals surface area contributed by atoms with E-state index in [2.05, 4.69) is 47.5 Å². The molecular weight excluding hydrogens is 875 g/mol. The molecule has 0 spiro atoms. The van der Waals surface area contributed by atoms with Crippen LogP contribution in [-0.4, -0.2) is 124 Å². The molecule has 2 aromatic rings. The molecule has 1 saturated carbocycles. The van der Waals surface area contributed by atoms with Crippen LogP contribution in [0.2, 0.25) is 0 Å². The number of carbonyl (C=O) groups is 9. The third-order valence-corrected chi connectivity index (χ3v) is 13.9. The first kappa shape index (κ1) is 51.1. The average molecular weight is 940 g/mol. The summed E-state index contributed by atoms with van der Waals surface area (Å²) in [6.07, 6.45) is 9.89. The molecule has 3 fully saturated rings. The number of fused-ring (bicyclic) bond motifs is 2. The molecule has 10 amide bonds. The number of carbonyl (C=O) groups excluding carboxylic acids is 9. The Labute approximate surface area is 387 Å². The molecule has 1 aromatic heterocycles. The van der Waals surface area contributed by atoms with Crippen LogP contribution in [0.4, 0.5) is 4.79 Å². The Balaban J connectivity index is 0.998. The summed E-state index contributed by atoms with van der Waals surface area (Å²) in [7, 11) is 0. The van der Waals surface area contributed by atoms with Gasteiger partial charge in [0.25, 0.3) is 0 Å². The number of unbranched alkanes of at least 4 members (excludes halogenated alkanes) is 2. The maximum absolute atomic E-state index is 13.8. The van der Waals surface area contributed by atoms with E-state index >= 15 is 0 Å². The van der Waals surface area contributed by atoms with Gasteiger partial charge in [0.05, 0.1) is 25.2 Å². The molecule has 1 unspecified atom stereocenters. The zero-order chi connectivity index (χ0) is 47.6. The van der Waals surface area contributed by atoms with Gasteiger partial charge >= 0.3 is 6.03 Å². The van der Waals surface area contributed by atoms with Crippen molar-refractivity contribution in [1.29, 1.82) is 0 Å². The molecule has 0 bridgehead atoms. The number of primary amides is 1. The summed E-state index contributed by atoms with van der Waals surface area (Å²) in [5.74, 6) is -4.62. The van der Waals surface area contributed by atoms with Gasteiger partial charge in [0.2, 0.25) is 47.3 Å². The second-order valence-corrected chi connectivity index (χ2v) is 18.7. The highest BCUT2D eigenvalue weighted by Gasteiger charge is 2.42. The number of nitrogens with two attached hydrogens (primary N) is 1. The van der Waals surface area contributed by atoms with Crippen molar-refractivity contribution >= 4 is 76.0 Å². The summed E-state index contributed by atoms with van der Waals surface area (Å²) >= 11 is 1.84. The van der Waals surface area contributed by atoms with Crippen molar-refractivity contribution in [3.8, 4) is 0 Å². The fraction of sp³-hybridized carbons (Fsp3) is 0.614. The first-order valence-corrected chi connectivity index (χ1v) is 23.9. The molecule has 0 radical (unpaired) electrons. The fourth-order valence-corrected chi connectivity index (χ4v) is 10.3. The van der Waals surface area contributed by atoms with Gasteiger partial charge in [-0.2, -0.15) is 11.8 Å². The van der Waals surface area contributed by atoms with Crippen LogP contribution in [0.25, 0.3) is 10.9 Å². The molecular formula is C44H65N11O10S. The Bertz CT molecular complexity index is 2050. The van der Waals surface area contributed by atoms with Crippen molar-refractivity contribution in [2.45, 2.75) is 132 Å². The Kier molecular flexibility index (Phi) is 19.9. The van der Waals surface area contributed by atoms with Gasteiger partial charge in [-0.3, -0.25) is 43.6 Å². The predicted octanol–water partition coefficient (Wildman–Crippen LogP) is 0.00670. The number of para-hydroxylation sites is 1. The van der Waals surface area contributed by atoms with Gasteiger partial charge in [0, 0.05) is 59.8 Å². The van der Waals surface area contributed by atoms with E-state index in [-0.39, 0.29) is 49.2 Å². The Morgan fingerprint density at radius 1 is 0.818 bits per heavy atom. The largest absolute Gasteiger partial charge is 0.368 e. The molecule has 3 aliphatic rings. The molecule has 1 aromatic carbocycles. The van der Waals surface area contributed by atoms with E-state index in [0.29, 0.717) is 37.5 Å². The molecule has 13 N–H and O–H groups in total. The smallest absolute Gasteiger partial charge is 0.315 e. The molecule has 5 rings (SSSR count). The van der Waals surface area contributed by atoms with Crippen LogP contribution < -0.4 is 53.7 Å². The van der Waals surface area contributed by atoms with Gasteiger partial charge in [-0.25, -0.2) is 10.3 Å². The predicted molar refractivity (Wildman–Crippen MR) is 244 cm³/mol. The van der Waals surface area contributed by atoms with Crippen molar-refractivity contribution in [2.24, 2.45) is 17.6 Å². The number of hydroxylamine groups is 1. The van der Waals surface area contributed by atoms with Gasteiger partial charge in [0.15, 0.2) is 0 Å². The van der Waals surface area contributed by atoms with Gasteiger partial charge < -0.3 is 53.3 Å². The summed E-state index contributed by atoms with van der Waals surface area (Å²) in [5, 5.41) is 31.8. The van der Waals surface area contributed by atoms with Crippen molar-refractivity contribution in [3.63, 3.8) is 0 Å². The monoisotopic (exact) mass is 939 g/mol. The SMILES string of the molecule is C[C@H](NC(=O)[C@H](Cc1c[nH]c2ccccc12)NC(=O)C(CC(=O)NO)CC1CCCC1)C(=O)NCC(=O)NCC(=O)N[C@@H](CCCCNC(=O)CCCC[C@@H]1SC[C@@H]2NC(=O)N[C@@H]21)C(N)=O. The highest BCUT2D eigenvalue weighted by molar-refractivity contribution is 8.00. The Morgan fingerprint density at radius 2 is 1.58 bits per heavy atom. The van der Waals surface area contributed by atoms with Gasteiger partial charge in [-0.15, -0.1) is 0 Å². The van der Waals surface area contributed by atoms with E-state index in [1.807, 2.05) is 36.0 Å². The number of aromatic amines is 1. The second-order valence-electron chi connectivity index (χ2n) is 17.4. The average Bonchev–Trinajstić information content (AvgIpc) is 4.11. The third kappa shape index (κ3) is 15.9. The van der Waals surface area contributed by atoms with Gasteiger partial charge in [0.1, 0.15) is 18.1 Å². The second kappa shape index (κ2) is 25.7. The summed E-state index contributed by atoms with van der Waals surface area (Å²) < 4.78 is 0. The standard InChI is InChI=1S/C44H65N11O10S/c1-25(50-43(63)32(19-28-21-47-30-13-5-4-12-29(28)30)52-42(62)27(20-36(57)55-65)18-26-10-2-3-11-26)41(61)49-22-37(58)48-23-38(59)51-31(40(45)60)14-8-9-17-46-35(56)16-7-6-15-34-39-33(24-66-34)53-44(64)54-39/h4-5,12-13,21,25-27,31-34,39,47,65H,2-3,6-11,14-20,22-24H2,1H3,(H2,45,60)(H,46,56)(H,48,58)(H,49,61)(H,50,63)(H,51,59)(H,52,62)(H,55,57)(H2,53,54,64)/t25-,27?,31-,32-,33-,34-,39-/m0/s1. The summed E-state index contributed by atoms with van der Waals surface area (Å²) in [6, 6.07) is 4.28. The number of H-pyrrole nitrogens is 1. The molecule has 2 saturated heterocycles. The number of urea groups is 1. The fourth-order valence-electron chi connectivity index (χ4n) is 8.76. The van der Waals surface area contributed by atoms with Crippen LogP contribution in [0, 0.1) is 11.8 Å². The zero-order valence-electron chi connectivity index (χ0n) is 37.3. The van der Waals surface area contributed by atoms with E-state index in [4.69, 9.17) is 5.73 Å². The lowest BCUT2D eigenvalue weighted by Crippen LogP contribution is -2.55. The minimum atomic E-state index is -1.17. The quantitative estimate of drug-likeness (QED) is 0.0245. The molecule has 2 aliphatic heterocycles. The number of hydrogen-bond acceptors (Lipinski definition) is 11. The van der Waals surface area contributed by atoms with Crippen molar-refractivity contribution in [3.05, 3.63) is 36.0 Å². The summed E-state index contributed by atoms with van der Waals surface area (Å²) in [6.45, 7) is 0.739. The lowest BCUT2D eigenvalue weighted by Gasteiger charge is -2.25. The van der Waals surface area contributed by atoms with Crippen molar-refractivity contribution in [2.75, 3.05) is 25.4 Å². The normalized spacial score (nSPS) is 19.5. The first-order chi connectivity index (χ1) is 31.7. The van der Waals surface area contributed by atoms with Crippen LogP contribution in [-0.2, 0) is 44.8 Å². The van der Waals surface area contributed by atoms with Gasteiger partial charge in [-0.05, 0) is 63.0 Å². The van der Waals surface area contributed by atoms with Crippen molar-refractivity contribution < 1.29 is 48.4 Å². The molecule has 362 valence electrons. The van der Waals surface area contributed by atoms with E-state index in [1.54, 1.807) is 11.7 Å². The Morgan fingerprint density at radius 3 is 2.33 bits per heavy atom. The summed E-state index contributed by atoms with van der Waals surface area (Å²) in [5.41, 5.74) is 8.63. The van der Waals surface area contributed by atoms with Crippen LogP contribution in [0.3, 0.4) is 0 Å². The van der Waals surface area contributed by atoms with Crippen LogP contribution in [0.1, 0.15) is 96.0 Å². The maximum atomic E-state index is 13.8. The molecule has 66 heavy (non-hydrogen) atoms. The van der Waals surface area contributed by atoms with Gasteiger partial charge in [-0.1, -0.05) is 50.3 Å². The van der Waals surface area contributed by atoms with E-state index in [9.17, 15) is 48.4 Å². The third-order valence-electron chi connectivity index (χ3n) is 12.4. The number of thioether (sulfide) groups is 1. The lowest BCUT2D eigenvalue weighted by molar-refractivity contribution is -0.137. The van der Waals surface area contributed by atoms with Crippen molar-refractivity contribution in [1.82, 2.24) is 53.0 Å². The van der Waals surface area contributed by atoms with E-state index in [0.717, 1.165) is 67.2 Å². The van der Waals surface area contributed by atoms with Crippen LogP contribution >= 0.6 is 11.8 Å². The highest BCUT2D eigenvalue weighted by Crippen LogP contribution is 2.34. The number of nitrogens with one attached hydrogen (secondary N) is 10. The van der Waals surface area contributed by atoms with Crippen LogP contribution in [0.15, 0.2) is 30.5 Å². The Hall–Kier alpha value is -5.90.